The van der Waals surface area contributed by atoms with Crippen LogP contribution in [0.1, 0.15) is 21.5 Å². The second-order valence-corrected chi connectivity index (χ2v) is 5.25. The van der Waals surface area contributed by atoms with Gasteiger partial charge in [0, 0.05) is 10.5 Å². The molecule has 2 rings (SSSR count). The van der Waals surface area contributed by atoms with Crippen molar-refractivity contribution in [3.63, 3.8) is 0 Å². The third kappa shape index (κ3) is 4.06. The molecule has 6 heteroatoms. The number of nitrogens with zero attached hydrogens (tertiary/aromatic N) is 1. The van der Waals surface area contributed by atoms with E-state index in [-0.39, 0.29) is 17.1 Å². The maximum absolute atomic E-state index is 12.5. The van der Waals surface area contributed by atoms with Crippen molar-refractivity contribution in [3.8, 4) is 6.07 Å². The number of alkyl halides is 2. The van der Waals surface area contributed by atoms with E-state index in [0.717, 1.165) is 0 Å². The van der Waals surface area contributed by atoms with Crippen molar-refractivity contribution in [2.45, 2.75) is 17.3 Å². The maximum Gasteiger partial charge on any atom is 0.339 e. The minimum Gasteiger partial charge on any atom is -0.457 e. The largest absolute Gasteiger partial charge is 0.457 e. The van der Waals surface area contributed by atoms with Crippen molar-refractivity contribution in [2.75, 3.05) is 0 Å². The molecule has 0 unspecified atom stereocenters. The van der Waals surface area contributed by atoms with E-state index >= 15 is 0 Å². The van der Waals surface area contributed by atoms with Crippen LogP contribution >= 0.6 is 11.8 Å². The lowest BCUT2D eigenvalue weighted by atomic mass is 10.1. The molecule has 0 radical (unpaired) electrons. The molecule has 0 spiro atoms. The summed E-state index contributed by atoms with van der Waals surface area (Å²) in [5.41, 5.74) is 1.06. The van der Waals surface area contributed by atoms with Crippen molar-refractivity contribution in [1.29, 1.82) is 5.26 Å². The second-order valence-electron chi connectivity index (χ2n) is 4.22. The molecule has 0 aliphatic carbocycles. The average molecular weight is 319 g/mol. The van der Waals surface area contributed by atoms with Gasteiger partial charge in [0.05, 0.1) is 17.2 Å². The summed E-state index contributed by atoms with van der Waals surface area (Å²) >= 11 is 0.296. The molecule has 0 aliphatic rings. The van der Waals surface area contributed by atoms with Gasteiger partial charge in [-0.1, -0.05) is 42.1 Å². The van der Waals surface area contributed by atoms with Crippen LogP contribution in [0.5, 0.6) is 0 Å². The summed E-state index contributed by atoms with van der Waals surface area (Å²) in [7, 11) is 0. The van der Waals surface area contributed by atoms with Crippen LogP contribution in [0.4, 0.5) is 8.78 Å². The first-order valence-electron chi connectivity index (χ1n) is 6.31. The van der Waals surface area contributed by atoms with E-state index in [9.17, 15) is 13.6 Å². The van der Waals surface area contributed by atoms with Crippen LogP contribution in [0.25, 0.3) is 0 Å². The van der Waals surface area contributed by atoms with Crippen molar-refractivity contribution in [2.24, 2.45) is 0 Å². The molecule has 112 valence electrons. The lowest BCUT2D eigenvalue weighted by molar-refractivity contribution is 0.0468. The topological polar surface area (TPSA) is 50.1 Å². The zero-order valence-electron chi connectivity index (χ0n) is 11.3. The Morgan fingerprint density at radius 1 is 1.18 bits per heavy atom. The Morgan fingerprint density at radius 2 is 1.86 bits per heavy atom. The van der Waals surface area contributed by atoms with Gasteiger partial charge in [-0.3, -0.25) is 0 Å². The highest BCUT2D eigenvalue weighted by Crippen LogP contribution is 2.29. The zero-order valence-corrected chi connectivity index (χ0v) is 12.1. The van der Waals surface area contributed by atoms with Crippen LogP contribution in [0.2, 0.25) is 0 Å². The summed E-state index contributed by atoms with van der Waals surface area (Å²) < 4.78 is 30.1. The predicted octanol–water partition coefficient (Wildman–Crippen LogP) is 4.23. The van der Waals surface area contributed by atoms with E-state index in [1.807, 2.05) is 6.07 Å². The second kappa shape index (κ2) is 7.57. The molecule has 0 fully saturated rings. The van der Waals surface area contributed by atoms with Gasteiger partial charge in [0.25, 0.3) is 5.76 Å². The van der Waals surface area contributed by atoms with Gasteiger partial charge in [0.15, 0.2) is 0 Å². The quantitative estimate of drug-likeness (QED) is 0.611. The van der Waals surface area contributed by atoms with Crippen molar-refractivity contribution >= 4 is 17.7 Å². The molecule has 2 aromatic carbocycles. The van der Waals surface area contributed by atoms with Gasteiger partial charge in [-0.2, -0.15) is 14.0 Å². The van der Waals surface area contributed by atoms with Gasteiger partial charge in [0.2, 0.25) is 0 Å². The molecule has 0 N–H and O–H groups in total. The van der Waals surface area contributed by atoms with Crippen LogP contribution < -0.4 is 0 Å². The molecule has 0 aliphatic heterocycles. The number of esters is 1. The molecular weight excluding hydrogens is 308 g/mol. The first kappa shape index (κ1) is 16.0. The number of thioether (sulfide) groups is 1. The minimum absolute atomic E-state index is 0.0854. The van der Waals surface area contributed by atoms with Crippen molar-refractivity contribution in [3.05, 3.63) is 65.2 Å². The fraction of sp³-hybridized carbons (Fsp3) is 0.125. The minimum atomic E-state index is -2.62. The van der Waals surface area contributed by atoms with E-state index in [4.69, 9.17) is 10.00 Å². The third-order valence-corrected chi connectivity index (χ3v) is 3.61. The molecule has 22 heavy (non-hydrogen) atoms. The molecule has 3 nitrogen and oxygen atoms in total. The van der Waals surface area contributed by atoms with Crippen LogP contribution in [0.3, 0.4) is 0 Å². The van der Waals surface area contributed by atoms with Gasteiger partial charge < -0.3 is 4.74 Å². The Balaban J connectivity index is 2.12. The first-order chi connectivity index (χ1) is 10.6. The van der Waals surface area contributed by atoms with E-state index in [1.165, 1.54) is 12.1 Å². The Bertz CT molecular complexity index is 713. The Morgan fingerprint density at radius 3 is 2.59 bits per heavy atom. The van der Waals surface area contributed by atoms with Gasteiger partial charge in [-0.05, 0) is 18.2 Å². The van der Waals surface area contributed by atoms with Crippen LogP contribution in [-0.4, -0.2) is 11.7 Å². The summed E-state index contributed by atoms with van der Waals surface area (Å²) in [4.78, 5) is 12.2. The average Bonchev–Trinajstić information content (AvgIpc) is 2.52. The molecule has 0 heterocycles. The lowest BCUT2D eigenvalue weighted by Crippen LogP contribution is -2.07. The predicted molar refractivity (Wildman–Crippen MR) is 78.6 cm³/mol. The van der Waals surface area contributed by atoms with Gasteiger partial charge in [-0.15, -0.1) is 0 Å². The summed E-state index contributed by atoms with van der Waals surface area (Å²) in [5, 5.41) is 8.97. The number of ether oxygens (including phenoxy) is 1. The fourth-order valence-electron chi connectivity index (χ4n) is 1.81. The van der Waals surface area contributed by atoms with Gasteiger partial charge in [0.1, 0.15) is 6.61 Å². The van der Waals surface area contributed by atoms with Crippen molar-refractivity contribution < 1.29 is 18.3 Å². The normalized spacial score (nSPS) is 10.3. The third-order valence-electron chi connectivity index (χ3n) is 2.82. The molecule has 0 amide bonds. The van der Waals surface area contributed by atoms with Crippen LogP contribution in [0.15, 0.2) is 53.4 Å². The highest BCUT2D eigenvalue weighted by Gasteiger charge is 2.16. The molecular formula is C16H11F2NO2S. The lowest BCUT2D eigenvalue weighted by Gasteiger charge is -2.09. The number of hydrogen-bond donors (Lipinski definition) is 0. The number of nitriles is 1. The van der Waals surface area contributed by atoms with Crippen molar-refractivity contribution in [1.82, 2.24) is 0 Å². The Hall–Kier alpha value is -2.39. The summed E-state index contributed by atoms with van der Waals surface area (Å²) in [6.07, 6.45) is 0. The number of benzene rings is 2. The fourth-order valence-corrected chi connectivity index (χ4v) is 2.44. The Labute approximate surface area is 130 Å². The standard InChI is InChI=1S/C16H11F2NO2S/c17-16(18)22-14-8-4-3-7-13(14)15(20)21-10-12-6-2-1-5-11(12)9-19/h1-8,16H,10H2. The molecule has 0 bridgehead atoms. The monoisotopic (exact) mass is 319 g/mol. The smallest absolute Gasteiger partial charge is 0.339 e. The van der Waals surface area contributed by atoms with Crippen LogP contribution in [-0.2, 0) is 11.3 Å². The maximum atomic E-state index is 12.5. The summed E-state index contributed by atoms with van der Waals surface area (Å²) in [5.74, 6) is -3.32. The van der Waals surface area contributed by atoms with E-state index in [0.29, 0.717) is 22.9 Å². The summed E-state index contributed by atoms with van der Waals surface area (Å²) in [6.45, 7) is -0.0871. The number of rotatable bonds is 5. The number of hydrogen-bond acceptors (Lipinski definition) is 4. The zero-order chi connectivity index (χ0) is 15.9. The highest BCUT2D eigenvalue weighted by atomic mass is 32.2. The molecule has 0 saturated heterocycles. The van der Waals surface area contributed by atoms with Crippen LogP contribution in [0, 0.1) is 11.3 Å². The Kier molecular flexibility index (Phi) is 5.50. The number of halogens is 2. The van der Waals surface area contributed by atoms with E-state index < -0.39 is 11.7 Å². The number of carbonyl (C=O) groups is 1. The molecule has 2 aromatic rings. The first-order valence-corrected chi connectivity index (χ1v) is 7.18. The SMILES string of the molecule is N#Cc1ccccc1COC(=O)c1ccccc1SC(F)F. The highest BCUT2D eigenvalue weighted by molar-refractivity contribution is 7.99. The van der Waals surface area contributed by atoms with E-state index in [2.05, 4.69) is 0 Å². The van der Waals surface area contributed by atoms with E-state index in [1.54, 1.807) is 36.4 Å². The van der Waals surface area contributed by atoms with Gasteiger partial charge >= 0.3 is 5.97 Å². The van der Waals surface area contributed by atoms with Gasteiger partial charge in [-0.25, -0.2) is 4.79 Å². The molecule has 0 saturated carbocycles. The molecule has 0 aromatic heterocycles. The number of carbonyl (C=O) groups excluding carboxylic acids is 1. The molecule has 0 atom stereocenters. The summed E-state index contributed by atoms with van der Waals surface area (Å²) in [6, 6.07) is 14.8.